The first-order valence-corrected chi connectivity index (χ1v) is 6.50. The first-order chi connectivity index (χ1) is 10.2. The molecule has 0 aliphatic heterocycles. The molecule has 1 heterocycles. The van der Waals surface area contributed by atoms with E-state index in [1.54, 1.807) is 31.2 Å². The summed E-state index contributed by atoms with van der Waals surface area (Å²) in [4.78, 5) is 31.7. The van der Waals surface area contributed by atoms with Gasteiger partial charge < -0.3 is 10.1 Å². The van der Waals surface area contributed by atoms with Crippen LogP contribution < -0.4 is 5.32 Å². The summed E-state index contributed by atoms with van der Waals surface area (Å²) >= 11 is 0. The van der Waals surface area contributed by atoms with Gasteiger partial charge in [0.05, 0.1) is 12.2 Å². The number of carbonyl (C=O) groups excluding carboxylic acids is 2. The lowest BCUT2D eigenvalue weighted by Crippen LogP contribution is -2.35. The number of nitrogens with one attached hydrogen (secondary N) is 1. The van der Waals surface area contributed by atoms with Gasteiger partial charge in [-0.05, 0) is 12.5 Å². The van der Waals surface area contributed by atoms with Crippen LogP contribution in [0.4, 0.5) is 0 Å². The highest BCUT2D eigenvalue weighted by Crippen LogP contribution is 2.15. The van der Waals surface area contributed by atoms with Gasteiger partial charge in [-0.1, -0.05) is 30.3 Å². The lowest BCUT2D eigenvalue weighted by Gasteiger charge is -2.17. The maximum Gasteiger partial charge on any atom is 0.333 e. The van der Waals surface area contributed by atoms with Crippen molar-refractivity contribution < 1.29 is 14.3 Å². The van der Waals surface area contributed by atoms with Crippen LogP contribution in [0.3, 0.4) is 0 Å². The summed E-state index contributed by atoms with van der Waals surface area (Å²) in [5, 5.41) is 2.64. The quantitative estimate of drug-likeness (QED) is 0.842. The molecule has 108 valence electrons. The Morgan fingerprint density at radius 2 is 1.86 bits per heavy atom. The molecule has 1 amide bonds. The van der Waals surface area contributed by atoms with Crippen molar-refractivity contribution in [3.8, 4) is 0 Å². The topological polar surface area (TPSA) is 81.2 Å². The summed E-state index contributed by atoms with van der Waals surface area (Å²) in [7, 11) is 0. The zero-order valence-electron chi connectivity index (χ0n) is 11.5. The predicted molar refractivity (Wildman–Crippen MR) is 75.3 cm³/mol. The van der Waals surface area contributed by atoms with E-state index >= 15 is 0 Å². The minimum atomic E-state index is -0.862. The normalized spacial score (nSPS) is 11.5. The number of hydrogen-bond donors (Lipinski definition) is 1. The SMILES string of the molecule is CCOC(=O)[C@H](NC(=O)c1cncnc1)c1ccccc1. The molecule has 1 aromatic carbocycles. The molecule has 0 fully saturated rings. The molecule has 0 bridgehead atoms. The number of aromatic nitrogens is 2. The van der Waals surface area contributed by atoms with Gasteiger partial charge in [-0.2, -0.15) is 0 Å². The van der Waals surface area contributed by atoms with Crippen LogP contribution >= 0.6 is 0 Å². The van der Waals surface area contributed by atoms with Gasteiger partial charge in [0.25, 0.3) is 5.91 Å². The number of carbonyl (C=O) groups is 2. The lowest BCUT2D eigenvalue weighted by atomic mass is 10.1. The third-order valence-corrected chi connectivity index (χ3v) is 2.75. The lowest BCUT2D eigenvalue weighted by molar-refractivity contribution is -0.145. The number of esters is 1. The summed E-state index contributed by atoms with van der Waals surface area (Å²) in [6.07, 6.45) is 4.10. The Balaban J connectivity index is 2.20. The second-order valence-corrected chi connectivity index (χ2v) is 4.20. The van der Waals surface area contributed by atoms with Crippen LogP contribution in [0.15, 0.2) is 49.1 Å². The zero-order chi connectivity index (χ0) is 15.1. The first kappa shape index (κ1) is 14.6. The van der Waals surface area contributed by atoms with Crippen LogP contribution in [0, 0.1) is 0 Å². The molecule has 2 aromatic rings. The van der Waals surface area contributed by atoms with Crippen LogP contribution in [0.2, 0.25) is 0 Å². The monoisotopic (exact) mass is 285 g/mol. The van der Waals surface area contributed by atoms with Crippen molar-refractivity contribution in [1.29, 1.82) is 0 Å². The van der Waals surface area contributed by atoms with Gasteiger partial charge >= 0.3 is 5.97 Å². The Kier molecular flexibility index (Phi) is 4.98. The molecule has 0 saturated heterocycles. The number of ether oxygens (including phenoxy) is 1. The van der Waals surface area contributed by atoms with E-state index in [-0.39, 0.29) is 12.2 Å². The van der Waals surface area contributed by atoms with Crippen molar-refractivity contribution in [2.75, 3.05) is 6.61 Å². The van der Waals surface area contributed by atoms with E-state index in [0.717, 1.165) is 0 Å². The molecular formula is C15H15N3O3. The fourth-order valence-corrected chi connectivity index (χ4v) is 1.78. The molecule has 6 heteroatoms. The Morgan fingerprint density at radius 1 is 1.19 bits per heavy atom. The average Bonchev–Trinajstić information content (AvgIpc) is 2.54. The minimum Gasteiger partial charge on any atom is -0.464 e. The van der Waals surface area contributed by atoms with Gasteiger partial charge in [-0.3, -0.25) is 4.79 Å². The van der Waals surface area contributed by atoms with Crippen molar-refractivity contribution in [3.63, 3.8) is 0 Å². The Morgan fingerprint density at radius 3 is 2.48 bits per heavy atom. The van der Waals surface area contributed by atoms with Crippen molar-refractivity contribution in [2.45, 2.75) is 13.0 Å². The standard InChI is InChI=1S/C15H15N3O3/c1-2-21-15(20)13(11-6-4-3-5-7-11)18-14(19)12-8-16-10-17-9-12/h3-10,13H,2H2,1H3,(H,18,19)/t13-/m1/s1. The van der Waals surface area contributed by atoms with Gasteiger partial charge in [-0.15, -0.1) is 0 Å². The van der Waals surface area contributed by atoms with E-state index < -0.39 is 17.9 Å². The van der Waals surface area contributed by atoms with Gasteiger partial charge in [0.1, 0.15) is 6.33 Å². The van der Waals surface area contributed by atoms with E-state index in [9.17, 15) is 9.59 Å². The maximum absolute atomic E-state index is 12.1. The molecule has 0 radical (unpaired) electrons. The molecule has 0 spiro atoms. The Labute approximate surface area is 122 Å². The third-order valence-electron chi connectivity index (χ3n) is 2.75. The number of rotatable bonds is 5. The van der Waals surface area contributed by atoms with Crippen molar-refractivity contribution >= 4 is 11.9 Å². The fraction of sp³-hybridized carbons (Fsp3) is 0.200. The average molecular weight is 285 g/mol. The molecule has 0 unspecified atom stereocenters. The summed E-state index contributed by atoms with van der Waals surface area (Å²) in [6, 6.07) is 8.06. The van der Waals surface area contributed by atoms with E-state index in [1.165, 1.54) is 18.7 Å². The Hall–Kier alpha value is -2.76. The summed E-state index contributed by atoms with van der Waals surface area (Å²) in [5.74, 6) is -0.939. The van der Waals surface area contributed by atoms with Crippen LogP contribution in [0.5, 0.6) is 0 Å². The first-order valence-electron chi connectivity index (χ1n) is 6.50. The van der Waals surface area contributed by atoms with Crippen molar-refractivity contribution in [3.05, 3.63) is 60.2 Å². The van der Waals surface area contributed by atoms with Gasteiger partial charge in [0.15, 0.2) is 6.04 Å². The molecule has 1 aromatic heterocycles. The summed E-state index contributed by atoms with van der Waals surface area (Å²) in [6.45, 7) is 1.96. The van der Waals surface area contributed by atoms with E-state index in [1.807, 2.05) is 6.07 Å². The van der Waals surface area contributed by atoms with Crippen LogP contribution in [-0.2, 0) is 9.53 Å². The van der Waals surface area contributed by atoms with Crippen molar-refractivity contribution in [2.24, 2.45) is 0 Å². The van der Waals surface area contributed by atoms with E-state index in [4.69, 9.17) is 4.74 Å². The van der Waals surface area contributed by atoms with Crippen LogP contribution in [-0.4, -0.2) is 28.5 Å². The van der Waals surface area contributed by atoms with Crippen LogP contribution in [0.1, 0.15) is 28.9 Å². The number of amides is 1. The number of hydrogen-bond acceptors (Lipinski definition) is 5. The van der Waals surface area contributed by atoms with Crippen molar-refractivity contribution in [1.82, 2.24) is 15.3 Å². The molecule has 0 saturated carbocycles. The minimum absolute atomic E-state index is 0.243. The van der Waals surface area contributed by atoms with E-state index in [2.05, 4.69) is 15.3 Å². The third kappa shape index (κ3) is 3.85. The Bertz CT molecular complexity index is 602. The molecule has 2 rings (SSSR count). The van der Waals surface area contributed by atoms with E-state index in [0.29, 0.717) is 5.56 Å². The molecule has 1 N–H and O–H groups in total. The molecule has 21 heavy (non-hydrogen) atoms. The summed E-state index contributed by atoms with van der Waals surface area (Å²) in [5.41, 5.74) is 0.934. The maximum atomic E-state index is 12.1. The largest absolute Gasteiger partial charge is 0.464 e. The molecular weight excluding hydrogens is 270 g/mol. The molecule has 0 aliphatic carbocycles. The van der Waals surface area contributed by atoms with Gasteiger partial charge in [-0.25, -0.2) is 14.8 Å². The summed E-state index contributed by atoms with van der Waals surface area (Å²) < 4.78 is 5.01. The second kappa shape index (κ2) is 7.14. The highest BCUT2D eigenvalue weighted by molar-refractivity contribution is 5.96. The van der Waals surface area contributed by atoms with Gasteiger partial charge in [0.2, 0.25) is 0 Å². The number of benzene rings is 1. The smallest absolute Gasteiger partial charge is 0.333 e. The predicted octanol–water partition coefficient (Wildman–Crippen LogP) is 1.51. The molecule has 1 atom stereocenters. The number of nitrogens with zero attached hydrogens (tertiary/aromatic N) is 2. The van der Waals surface area contributed by atoms with Crippen LogP contribution in [0.25, 0.3) is 0 Å². The van der Waals surface area contributed by atoms with Gasteiger partial charge in [0, 0.05) is 12.4 Å². The second-order valence-electron chi connectivity index (χ2n) is 4.20. The highest BCUT2D eigenvalue weighted by Gasteiger charge is 2.24. The molecule has 6 nitrogen and oxygen atoms in total. The molecule has 0 aliphatic rings. The zero-order valence-corrected chi connectivity index (χ0v) is 11.5. The highest BCUT2D eigenvalue weighted by atomic mass is 16.5. The fourth-order valence-electron chi connectivity index (χ4n) is 1.78.